The molecule has 0 aliphatic carbocycles. The lowest BCUT2D eigenvalue weighted by molar-refractivity contribution is -0.121. The topological polar surface area (TPSA) is 51.1 Å². The smallest absolute Gasteiger partial charge is 0.239 e. The number of para-hydroxylation sites is 2. The Bertz CT molecular complexity index is 1170. The Kier molecular flexibility index (Phi) is 4.89. The summed E-state index contributed by atoms with van der Waals surface area (Å²) in [6.45, 7) is 0.517. The van der Waals surface area contributed by atoms with E-state index in [1.54, 1.807) is 18.2 Å². The zero-order chi connectivity index (χ0) is 19.5. The van der Waals surface area contributed by atoms with Gasteiger partial charge in [0.1, 0.15) is 12.4 Å². The first-order valence-electron chi connectivity index (χ1n) is 9.15. The summed E-state index contributed by atoms with van der Waals surface area (Å²) in [4.78, 5) is 25.3. The minimum Gasteiger partial charge on any atom is -0.354 e. The Morgan fingerprint density at radius 3 is 2.18 bits per heavy atom. The summed E-state index contributed by atoms with van der Waals surface area (Å²) in [7, 11) is 0. The molecule has 0 aliphatic heterocycles. The Labute approximate surface area is 161 Å². The summed E-state index contributed by atoms with van der Waals surface area (Å²) in [5.74, 6) is -0.439. The highest BCUT2D eigenvalue weighted by Crippen LogP contribution is 2.18. The van der Waals surface area contributed by atoms with Crippen molar-refractivity contribution in [1.29, 1.82) is 0 Å². The fourth-order valence-electron chi connectivity index (χ4n) is 3.49. The minimum atomic E-state index is -0.282. The number of nitrogens with zero attached hydrogens (tertiary/aromatic N) is 1. The maximum absolute atomic E-state index is 13.3. The van der Waals surface area contributed by atoms with Gasteiger partial charge in [0.15, 0.2) is 5.43 Å². The summed E-state index contributed by atoms with van der Waals surface area (Å²) < 4.78 is 15.1. The van der Waals surface area contributed by atoms with Gasteiger partial charge in [-0.15, -0.1) is 0 Å². The molecule has 1 aromatic heterocycles. The fraction of sp³-hybridized carbons (Fsp3) is 0.130. The third-order valence-electron chi connectivity index (χ3n) is 4.81. The number of fused-ring (bicyclic) bond motifs is 2. The van der Waals surface area contributed by atoms with Crippen LogP contribution in [0, 0.1) is 5.82 Å². The van der Waals surface area contributed by atoms with Gasteiger partial charge in [-0.25, -0.2) is 4.39 Å². The molecule has 1 N–H and O–H groups in total. The van der Waals surface area contributed by atoms with Gasteiger partial charge < -0.3 is 9.88 Å². The van der Waals surface area contributed by atoms with Gasteiger partial charge in [0.2, 0.25) is 5.91 Å². The van der Waals surface area contributed by atoms with E-state index in [1.165, 1.54) is 12.1 Å². The van der Waals surface area contributed by atoms with Gasteiger partial charge in [0.05, 0.1) is 11.0 Å². The number of hydrogen-bond donors (Lipinski definition) is 1. The average Bonchev–Trinajstić information content (AvgIpc) is 2.71. The van der Waals surface area contributed by atoms with Gasteiger partial charge in [-0.2, -0.15) is 0 Å². The second kappa shape index (κ2) is 7.64. The molecule has 0 spiro atoms. The van der Waals surface area contributed by atoms with Crippen LogP contribution in [0.2, 0.25) is 0 Å². The van der Waals surface area contributed by atoms with E-state index < -0.39 is 0 Å². The number of aromatic nitrogens is 1. The van der Waals surface area contributed by atoms with Crippen LogP contribution in [0.5, 0.6) is 0 Å². The van der Waals surface area contributed by atoms with Gasteiger partial charge >= 0.3 is 0 Å². The van der Waals surface area contributed by atoms with Crippen LogP contribution in [0.15, 0.2) is 77.6 Å². The zero-order valence-electron chi connectivity index (χ0n) is 15.2. The van der Waals surface area contributed by atoms with E-state index in [1.807, 2.05) is 47.0 Å². The second-order valence-corrected chi connectivity index (χ2v) is 6.68. The van der Waals surface area contributed by atoms with Gasteiger partial charge in [0.25, 0.3) is 0 Å². The van der Waals surface area contributed by atoms with E-state index in [4.69, 9.17) is 0 Å². The molecule has 140 valence electrons. The Morgan fingerprint density at radius 1 is 0.893 bits per heavy atom. The van der Waals surface area contributed by atoms with Crippen molar-refractivity contribution < 1.29 is 9.18 Å². The number of rotatable bonds is 5. The van der Waals surface area contributed by atoms with Crippen molar-refractivity contribution >= 4 is 27.7 Å². The molecule has 3 aromatic carbocycles. The molecule has 0 bridgehead atoms. The maximum Gasteiger partial charge on any atom is 0.239 e. The largest absolute Gasteiger partial charge is 0.354 e. The Hall–Kier alpha value is -3.47. The molecule has 0 saturated heterocycles. The van der Waals surface area contributed by atoms with Crippen LogP contribution >= 0.6 is 0 Å². The Balaban J connectivity index is 1.59. The highest BCUT2D eigenvalue weighted by atomic mass is 19.1. The highest BCUT2D eigenvalue weighted by Gasteiger charge is 2.12. The number of halogens is 1. The number of carbonyl (C=O) groups is 1. The standard InChI is InChI=1S/C23H19FN2O2/c24-17-7-5-6-16(14-17)12-13-25-22(27)15-26-20-10-3-1-8-18(20)23(28)19-9-2-4-11-21(19)26/h1-11,14H,12-13,15H2,(H,25,27). The first kappa shape index (κ1) is 17.9. The van der Waals surface area contributed by atoms with E-state index in [9.17, 15) is 14.0 Å². The molecule has 1 amide bonds. The molecule has 4 nitrogen and oxygen atoms in total. The van der Waals surface area contributed by atoms with Crippen LogP contribution in [-0.2, 0) is 17.8 Å². The van der Waals surface area contributed by atoms with Crippen LogP contribution < -0.4 is 10.7 Å². The van der Waals surface area contributed by atoms with E-state index in [-0.39, 0.29) is 23.7 Å². The van der Waals surface area contributed by atoms with Gasteiger partial charge in [-0.05, 0) is 48.4 Å². The molecule has 0 aliphatic rings. The molecular weight excluding hydrogens is 355 g/mol. The lowest BCUT2D eigenvalue weighted by atomic mass is 10.1. The molecule has 0 unspecified atom stereocenters. The summed E-state index contributed by atoms with van der Waals surface area (Å²) in [6, 6.07) is 21.0. The molecule has 0 atom stereocenters. The van der Waals surface area contributed by atoms with Crippen molar-refractivity contribution in [2.24, 2.45) is 0 Å². The van der Waals surface area contributed by atoms with Gasteiger partial charge in [-0.1, -0.05) is 36.4 Å². The van der Waals surface area contributed by atoms with E-state index in [0.717, 1.165) is 16.6 Å². The van der Waals surface area contributed by atoms with Crippen LogP contribution in [-0.4, -0.2) is 17.0 Å². The highest BCUT2D eigenvalue weighted by molar-refractivity contribution is 5.94. The van der Waals surface area contributed by atoms with Crippen molar-refractivity contribution in [2.45, 2.75) is 13.0 Å². The molecule has 0 fully saturated rings. The third-order valence-corrected chi connectivity index (χ3v) is 4.81. The van der Waals surface area contributed by atoms with Crippen LogP contribution in [0.4, 0.5) is 4.39 Å². The molecule has 0 radical (unpaired) electrons. The van der Waals surface area contributed by atoms with Crippen LogP contribution in [0.3, 0.4) is 0 Å². The van der Waals surface area contributed by atoms with E-state index in [2.05, 4.69) is 5.32 Å². The quantitative estimate of drug-likeness (QED) is 0.542. The van der Waals surface area contributed by atoms with Crippen molar-refractivity contribution in [3.8, 4) is 0 Å². The van der Waals surface area contributed by atoms with Crippen molar-refractivity contribution in [1.82, 2.24) is 9.88 Å². The number of amides is 1. The van der Waals surface area contributed by atoms with Crippen LogP contribution in [0.1, 0.15) is 5.56 Å². The molecule has 4 rings (SSSR count). The number of carbonyl (C=O) groups excluding carboxylic acids is 1. The normalized spacial score (nSPS) is 11.0. The van der Waals surface area contributed by atoms with Crippen molar-refractivity contribution in [3.63, 3.8) is 0 Å². The van der Waals surface area contributed by atoms with Gasteiger partial charge in [0, 0.05) is 17.3 Å². The third kappa shape index (κ3) is 3.51. The monoisotopic (exact) mass is 374 g/mol. The molecule has 5 heteroatoms. The first-order chi connectivity index (χ1) is 13.6. The summed E-state index contributed by atoms with van der Waals surface area (Å²) in [5.41, 5.74) is 2.26. The van der Waals surface area contributed by atoms with E-state index in [0.29, 0.717) is 23.7 Å². The Morgan fingerprint density at radius 2 is 1.54 bits per heavy atom. The van der Waals surface area contributed by atoms with Crippen molar-refractivity contribution in [3.05, 3.63) is 94.4 Å². The zero-order valence-corrected chi connectivity index (χ0v) is 15.2. The predicted molar refractivity (Wildman–Crippen MR) is 109 cm³/mol. The first-order valence-corrected chi connectivity index (χ1v) is 9.15. The SMILES string of the molecule is O=C(Cn1c2ccccc2c(=O)c2ccccc21)NCCc1cccc(F)c1. The van der Waals surface area contributed by atoms with E-state index >= 15 is 0 Å². The summed E-state index contributed by atoms with van der Waals surface area (Å²) >= 11 is 0. The average molecular weight is 374 g/mol. The lowest BCUT2D eigenvalue weighted by Gasteiger charge is -2.15. The van der Waals surface area contributed by atoms with Crippen molar-refractivity contribution in [2.75, 3.05) is 6.54 Å². The number of hydrogen-bond acceptors (Lipinski definition) is 2. The minimum absolute atomic E-state index is 0.0334. The number of benzene rings is 3. The second-order valence-electron chi connectivity index (χ2n) is 6.68. The molecular formula is C23H19FN2O2. The van der Waals surface area contributed by atoms with Crippen LogP contribution in [0.25, 0.3) is 21.8 Å². The molecule has 0 saturated carbocycles. The summed E-state index contributed by atoms with van der Waals surface area (Å²) in [6.07, 6.45) is 0.551. The maximum atomic E-state index is 13.3. The molecule has 1 heterocycles. The fourth-order valence-corrected chi connectivity index (χ4v) is 3.49. The predicted octanol–water partition coefficient (Wildman–Crippen LogP) is 3.65. The lowest BCUT2D eigenvalue weighted by Crippen LogP contribution is -2.30. The van der Waals surface area contributed by atoms with Gasteiger partial charge in [-0.3, -0.25) is 9.59 Å². The number of nitrogens with one attached hydrogen (secondary N) is 1. The molecule has 28 heavy (non-hydrogen) atoms. The number of pyridine rings is 1. The summed E-state index contributed by atoms with van der Waals surface area (Å²) in [5, 5.41) is 4.07. The molecule has 4 aromatic rings.